The zero-order valence-electron chi connectivity index (χ0n) is 17.0. The highest BCUT2D eigenvalue weighted by atomic mass is 15.1. The Balaban J connectivity index is 1.70. The van der Waals surface area contributed by atoms with E-state index in [1.807, 2.05) is 0 Å². The van der Waals surface area contributed by atoms with Gasteiger partial charge in [-0.2, -0.15) is 0 Å². The minimum absolute atomic E-state index is 0.713. The molecule has 2 aromatic rings. The highest BCUT2D eigenvalue weighted by Crippen LogP contribution is 2.24. The first-order valence-corrected chi connectivity index (χ1v) is 11.2. The summed E-state index contributed by atoms with van der Waals surface area (Å²) in [7, 11) is 0. The molecule has 0 unspecified atom stereocenters. The molecule has 1 saturated carbocycles. The molecule has 0 N–H and O–H groups in total. The minimum Gasteiger partial charge on any atom is -0.292 e. The molecule has 1 nitrogen and oxygen atoms in total. The molecule has 0 spiro atoms. The summed E-state index contributed by atoms with van der Waals surface area (Å²) < 4.78 is 0. The molecule has 0 heterocycles. The van der Waals surface area contributed by atoms with Gasteiger partial charge in [0.05, 0.1) is 0 Å². The lowest BCUT2D eigenvalue weighted by atomic mass is 9.96. The van der Waals surface area contributed by atoms with Crippen molar-refractivity contribution in [2.24, 2.45) is 0 Å². The highest BCUT2D eigenvalue weighted by Gasteiger charge is 2.19. The Morgan fingerprint density at radius 1 is 0.519 bits per heavy atom. The van der Waals surface area contributed by atoms with E-state index < -0.39 is 0 Å². The SMILES string of the molecule is c1ccc(CN(Cc2ccccc2)C2CCCCCCCCCCC2)cc1. The molecule has 27 heavy (non-hydrogen) atoms. The number of rotatable bonds is 5. The Labute approximate surface area is 166 Å². The van der Waals surface area contributed by atoms with Gasteiger partial charge in [0.2, 0.25) is 0 Å². The number of hydrogen-bond donors (Lipinski definition) is 0. The van der Waals surface area contributed by atoms with Gasteiger partial charge in [0, 0.05) is 19.1 Å². The van der Waals surface area contributed by atoms with Crippen molar-refractivity contribution in [1.82, 2.24) is 4.90 Å². The molecule has 0 saturated heterocycles. The lowest BCUT2D eigenvalue weighted by Crippen LogP contribution is -2.34. The van der Waals surface area contributed by atoms with Crippen LogP contribution in [0.15, 0.2) is 60.7 Å². The molecular formula is C26H37N. The van der Waals surface area contributed by atoms with Gasteiger partial charge in [-0.3, -0.25) is 4.90 Å². The van der Waals surface area contributed by atoms with Crippen molar-refractivity contribution in [1.29, 1.82) is 0 Å². The van der Waals surface area contributed by atoms with Crippen LogP contribution in [-0.4, -0.2) is 10.9 Å². The van der Waals surface area contributed by atoms with Crippen LogP contribution in [0.5, 0.6) is 0 Å². The Morgan fingerprint density at radius 3 is 1.30 bits per heavy atom. The summed E-state index contributed by atoms with van der Waals surface area (Å²) in [5.74, 6) is 0. The van der Waals surface area contributed by atoms with E-state index in [1.54, 1.807) is 0 Å². The normalized spacial score (nSPS) is 18.0. The second-order valence-electron chi connectivity index (χ2n) is 8.29. The maximum atomic E-state index is 2.76. The number of hydrogen-bond acceptors (Lipinski definition) is 1. The fraction of sp³-hybridized carbons (Fsp3) is 0.538. The molecule has 0 atom stereocenters. The highest BCUT2D eigenvalue weighted by molar-refractivity contribution is 5.17. The van der Waals surface area contributed by atoms with E-state index in [2.05, 4.69) is 65.6 Å². The van der Waals surface area contributed by atoms with Gasteiger partial charge in [-0.25, -0.2) is 0 Å². The summed E-state index contributed by atoms with van der Waals surface area (Å²) in [5, 5.41) is 0. The van der Waals surface area contributed by atoms with Gasteiger partial charge in [-0.15, -0.1) is 0 Å². The number of nitrogens with zero attached hydrogens (tertiary/aromatic N) is 1. The molecule has 0 aliphatic heterocycles. The van der Waals surface area contributed by atoms with Gasteiger partial charge in [-0.05, 0) is 24.0 Å². The summed E-state index contributed by atoms with van der Waals surface area (Å²) in [6.45, 7) is 2.14. The molecule has 1 aliphatic rings. The molecule has 1 fully saturated rings. The van der Waals surface area contributed by atoms with Gasteiger partial charge in [0.1, 0.15) is 0 Å². The van der Waals surface area contributed by atoms with E-state index in [4.69, 9.17) is 0 Å². The number of benzene rings is 2. The largest absolute Gasteiger partial charge is 0.292 e. The van der Waals surface area contributed by atoms with Crippen molar-refractivity contribution >= 4 is 0 Å². The molecule has 1 heteroatoms. The van der Waals surface area contributed by atoms with Crippen molar-refractivity contribution in [3.8, 4) is 0 Å². The summed E-state index contributed by atoms with van der Waals surface area (Å²) in [6, 6.07) is 22.8. The van der Waals surface area contributed by atoms with Gasteiger partial charge in [0.25, 0.3) is 0 Å². The first kappa shape index (κ1) is 20.1. The molecular weight excluding hydrogens is 326 g/mol. The molecule has 0 radical (unpaired) electrons. The topological polar surface area (TPSA) is 3.24 Å². The quantitative estimate of drug-likeness (QED) is 0.536. The molecule has 0 aromatic heterocycles. The average Bonchev–Trinajstić information content (AvgIpc) is 2.70. The third-order valence-electron chi connectivity index (χ3n) is 6.05. The van der Waals surface area contributed by atoms with Crippen LogP contribution < -0.4 is 0 Å². The third kappa shape index (κ3) is 7.50. The predicted octanol–water partition coefficient (Wildman–Crippen LogP) is 7.36. The zero-order chi connectivity index (χ0) is 18.6. The van der Waals surface area contributed by atoms with E-state index in [0.29, 0.717) is 6.04 Å². The maximum Gasteiger partial charge on any atom is 0.0240 e. The predicted molar refractivity (Wildman–Crippen MR) is 117 cm³/mol. The first-order valence-electron chi connectivity index (χ1n) is 11.2. The Kier molecular flexibility index (Phi) is 8.93. The van der Waals surface area contributed by atoms with Crippen molar-refractivity contribution in [2.45, 2.75) is 89.8 Å². The molecule has 2 aromatic carbocycles. The van der Waals surface area contributed by atoms with E-state index in [-0.39, 0.29) is 0 Å². The van der Waals surface area contributed by atoms with Crippen LogP contribution in [0.3, 0.4) is 0 Å². The molecule has 146 valence electrons. The van der Waals surface area contributed by atoms with Crippen LogP contribution in [0.1, 0.15) is 81.8 Å². The standard InChI is InChI=1S/C26H37N/c1-2-4-6-14-20-26(21-15-7-5-3-1)27(22-24-16-10-8-11-17-24)23-25-18-12-9-13-19-25/h8-13,16-19,26H,1-7,14-15,20-23H2. The van der Waals surface area contributed by atoms with Crippen molar-refractivity contribution in [3.05, 3.63) is 71.8 Å². The summed E-state index contributed by atoms with van der Waals surface area (Å²) in [6.07, 6.45) is 15.6. The summed E-state index contributed by atoms with van der Waals surface area (Å²) in [5.41, 5.74) is 2.89. The lowest BCUT2D eigenvalue weighted by Gasteiger charge is -2.32. The summed E-state index contributed by atoms with van der Waals surface area (Å²) >= 11 is 0. The van der Waals surface area contributed by atoms with Crippen LogP contribution in [0.25, 0.3) is 0 Å². The van der Waals surface area contributed by atoms with Gasteiger partial charge in [-0.1, -0.05) is 118 Å². The van der Waals surface area contributed by atoms with E-state index in [0.717, 1.165) is 13.1 Å². The molecule has 1 aliphatic carbocycles. The van der Waals surface area contributed by atoms with Gasteiger partial charge >= 0.3 is 0 Å². The van der Waals surface area contributed by atoms with Crippen LogP contribution in [0.2, 0.25) is 0 Å². The van der Waals surface area contributed by atoms with E-state index in [1.165, 1.54) is 81.8 Å². The monoisotopic (exact) mass is 363 g/mol. The minimum atomic E-state index is 0.713. The summed E-state index contributed by atoms with van der Waals surface area (Å²) in [4.78, 5) is 2.76. The van der Waals surface area contributed by atoms with Crippen LogP contribution in [0, 0.1) is 0 Å². The van der Waals surface area contributed by atoms with Gasteiger partial charge in [0.15, 0.2) is 0 Å². The van der Waals surface area contributed by atoms with Crippen molar-refractivity contribution in [3.63, 3.8) is 0 Å². The Morgan fingerprint density at radius 2 is 0.889 bits per heavy atom. The van der Waals surface area contributed by atoms with E-state index >= 15 is 0 Å². The second-order valence-corrected chi connectivity index (χ2v) is 8.29. The van der Waals surface area contributed by atoms with Crippen LogP contribution in [0.4, 0.5) is 0 Å². The average molecular weight is 364 g/mol. The molecule has 0 amide bonds. The molecule has 3 rings (SSSR count). The molecule has 0 bridgehead atoms. The zero-order valence-corrected chi connectivity index (χ0v) is 17.0. The Hall–Kier alpha value is -1.60. The van der Waals surface area contributed by atoms with Crippen LogP contribution >= 0.6 is 0 Å². The van der Waals surface area contributed by atoms with Gasteiger partial charge < -0.3 is 0 Å². The lowest BCUT2D eigenvalue weighted by molar-refractivity contribution is 0.153. The fourth-order valence-electron chi connectivity index (χ4n) is 4.46. The van der Waals surface area contributed by atoms with E-state index in [9.17, 15) is 0 Å². The fourth-order valence-corrected chi connectivity index (χ4v) is 4.46. The maximum absolute atomic E-state index is 2.76. The first-order chi connectivity index (χ1) is 13.4. The second kappa shape index (κ2) is 12.0. The smallest absolute Gasteiger partial charge is 0.0240 e. The van der Waals surface area contributed by atoms with Crippen LogP contribution in [-0.2, 0) is 13.1 Å². The van der Waals surface area contributed by atoms with Crippen molar-refractivity contribution in [2.75, 3.05) is 0 Å². The third-order valence-corrected chi connectivity index (χ3v) is 6.05. The van der Waals surface area contributed by atoms with Crippen molar-refractivity contribution < 1.29 is 0 Å². The Bertz CT molecular complexity index is 553.